The van der Waals surface area contributed by atoms with Crippen molar-refractivity contribution in [2.24, 2.45) is 0 Å². The molecule has 0 amide bonds. The number of aryl methyl sites for hydroxylation is 2. The average Bonchev–Trinajstić information content (AvgIpc) is 2.68. The number of para-hydroxylation sites is 1. The third kappa shape index (κ3) is 6.06. The smallest absolute Gasteiger partial charge is 0.125 e. The Morgan fingerprint density at radius 2 is 1.70 bits per heavy atom. The molecule has 2 aromatic rings. The van der Waals surface area contributed by atoms with Gasteiger partial charge >= 0.3 is 0 Å². The van der Waals surface area contributed by atoms with E-state index in [0.29, 0.717) is 19.2 Å². The van der Waals surface area contributed by atoms with E-state index >= 15 is 0 Å². The Morgan fingerprint density at radius 1 is 1.04 bits per heavy atom. The van der Waals surface area contributed by atoms with Crippen molar-refractivity contribution in [1.82, 2.24) is 10.2 Å². The van der Waals surface area contributed by atoms with Crippen molar-refractivity contribution in [3.05, 3.63) is 65.2 Å². The minimum absolute atomic E-state index is 0.325. The van der Waals surface area contributed by atoms with Gasteiger partial charge in [-0.05, 0) is 56.5 Å². The van der Waals surface area contributed by atoms with Gasteiger partial charge in [0.2, 0.25) is 0 Å². The van der Waals surface area contributed by atoms with E-state index in [2.05, 4.69) is 40.5 Å². The predicted octanol–water partition coefficient (Wildman–Crippen LogP) is 3.30. The first-order valence-corrected chi connectivity index (χ1v) is 9.98. The van der Waals surface area contributed by atoms with E-state index in [4.69, 9.17) is 4.74 Å². The fourth-order valence-electron chi connectivity index (χ4n) is 3.70. The summed E-state index contributed by atoms with van der Waals surface area (Å²) in [7, 11) is 0. The molecule has 0 radical (unpaired) electrons. The number of aliphatic hydroxyl groups is 1. The van der Waals surface area contributed by atoms with Crippen LogP contribution in [0.15, 0.2) is 48.5 Å². The van der Waals surface area contributed by atoms with E-state index < -0.39 is 6.10 Å². The fourth-order valence-corrected chi connectivity index (χ4v) is 3.70. The summed E-state index contributed by atoms with van der Waals surface area (Å²) < 4.78 is 5.85. The highest BCUT2D eigenvalue weighted by Crippen LogP contribution is 2.22. The van der Waals surface area contributed by atoms with Gasteiger partial charge in [-0.2, -0.15) is 0 Å². The summed E-state index contributed by atoms with van der Waals surface area (Å²) in [6.07, 6.45) is 1.75. The Bertz CT molecular complexity index is 677. The Morgan fingerprint density at radius 3 is 2.37 bits per heavy atom. The fraction of sp³-hybridized carbons (Fsp3) is 0.478. The number of nitrogens with zero attached hydrogens (tertiary/aromatic N) is 1. The number of piperidine rings is 1. The second-order valence-electron chi connectivity index (χ2n) is 7.63. The average molecular weight is 369 g/mol. The first-order chi connectivity index (χ1) is 13.1. The van der Waals surface area contributed by atoms with Gasteiger partial charge in [0.15, 0.2) is 0 Å². The zero-order valence-corrected chi connectivity index (χ0v) is 16.5. The van der Waals surface area contributed by atoms with Crippen molar-refractivity contribution < 1.29 is 9.84 Å². The molecule has 1 aliphatic rings. The van der Waals surface area contributed by atoms with Gasteiger partial charge in [-0.3, -0.25) is 4.90 Å². The maximum absolute atomic E-state index is 10.3. The van der Waals surface area contributed by atoms with Crippen LogP contribution >= 0.6 is 0 Å². The van der Waals surface area contributed by atoms with Crippen LogP contribution in [0.2, 0.25) is 0 Å². The van der Waals surface area contributed by atoms with E-state index in [-0.39, 0.29) is 0 Å². The van der Waals surface area contributed by atoms with Crippen LogP contribution in [0, 0.1) is 13.8 Å². The van der Waals surface area contributed by atoms with Crippen LogP contribution < -0.4 is 10.1 Å². The van der Waals surface area contributed by atoms with E-state index in [0.717, 1.165) is 49.4 Å². The molecule has 1 aliphatic heterocycles. The van der Waals surface area contributed by atoms with Crippen molar-refractivity contribution in [3.63, 3.8) is 0 Å². The number of ether oxygens (including phenoxy) is 1. The monoisotopic (exact) mass is 368 g/mol. The predicted molar refractivity (Wildman–Crippen MR) is 110 cm³/mol. The van der Waals surface area contributed by atoms with Crippen molar-refractivity contribution in [1.29, 1.82) is 0 Å². The van der Waals surface area contributed by atoms with Crippen molar-refractivity contribution in [2.75, 3.05) is 26.2 Å². The van der Waals surface area contributed by atoms with Gasteiger partial charge in [-0.15, -0.1) is 0 Å². The summed E-state index contributed by atoms with van der Waals surface area (Å²) in [6.45, 7) is 8.20. The molecule has 146 valence electrons. The molecule has 3 rings (SSSR count). The molecule has 0 spiro atoms. The van der Waals surface area contributed by atoms with Gasteiger partial charge in [0, 0.05) is 19.1 Å². The topological polar surface area (TPSA) is 44.7 Å². The molecule has 0 bridgehead atoms. The minimum atomic E-state index is -0.494. The Balaban J connectivity index is 1.35. The highest BCUT2D eigenvalue weighted by atomic mass is 16.5. The molecule has 2 N–H and O–H groups in total. The number of hydrogen-bond acceptors (Lipinski definition) is 4. The lowest BCUT2D eigenvalue weighted by Gasteiger charge is -2.33. The van der Waals surface area contributed by atoms with Gasteiger partial charge in [-0.1, -0.05) is 48.5 Å². The number of likely N-dealkylation sites (tertiary alicyclic amines) is 1. The van der Waals surface area contributed by atoms with Crippen molar-refractivity contribution in [3.8, 4) is 5.75 Å². The molecule has 4 nitrogen and oxygen atoms in total. The van der Waals surface area contributed by atoms with Crippen LogP contribution in [0.3, 0.4) is 0 Å². The van der Waals surface area contributed by atoms with Crippen LogP contribution in [-0.2, 0) is 6.54 Å². The number of hydrogen-bond donors (Lipinski definition) is 2. The van der Waals surface area contributed by atoms with Gasteiger partial charge in [0.25, 0.3) is 0 Å². The molecule has 1 saturated heterocycles. The quantitative estimate of drug-likeness (QED) is 0.750. The second kappa shape index (κ2) is 9.88. The molecule has 0 unspecified atom stereocenters. The summed E-state index contributed by atoms with van der Waals surface area (Å²) in [5, 5.41) is 13.8. The lowest BCUT2D eigenvalue weighted by molar-refractivity contribution is 0.0973. The highest BCUT2D eigenvalue weighted by Gasteiger charge is 2.20. The van der Waals surface area contributed by atoms with Crippen LogP contribution in [0.4, 0.5) is 0 Å². The summed E-state index contributed by atoms with van der Waals surface area (Å²) in [5.74, 6) is 0.894. The van der Waals surface area contributed by atoms with Crippen LogP contribution in [0.25, 0.3) is 0 Å². The van der Waals surface area contributed by atoms with E-state index in [1.54, 1.807) is 0 Å². The maximum Gasteiger partial charge on any atom is 0.125 e. The Hall–Kier alpha value is -1.88. The maximum atomic E-state index is 10.3. The molecule has 1 fully saturated rings. The minimum Gasteiger partial charge on any atom is -0.490 e. The van der Waals surface area contributed by atoms with Gasteiger partial charge < -0.3 is 15.2 Å². The first-order valence-electron chi connectivity index (χ1n) is 9.98. The van der Waals surface area contributed by atoms with Crippen LogP contribution in [0.1, 0.15) is 29.5 Å². The molecule has 0 saturated carbocycles. The third-order valence-electron chi connectivity index (χ3n) is 5.31. The number of aliphatic hydroxyl groups excluding tert-OH is 1. The molecule has 1 heterocycles. The molecule has 2 aromatic carbocycles. The Kier molecular flexibility index (Phi) is 7.27. The number of nitrogens with one attached hydrogen (secondary N) is 1. The van der Waals surface area contributed by atoms with Gasteiger partial charge in [0.1, 0.15) is 18.5 Å². The zero-order chi connectivity index (χ0) is 19.1. The summed E-state index contributed by atoms with van der Waals surface area (Å²) in [4.78, 5) is 2.51. The molecule has 1 atom stereocenters. The molecular formula is C23H32N2O2. The summed E-state index contributed by atoms with van der Waals surface area (Å²) in [5.41, 5.74) is 3.60. The second-order valence-corrected chi connectivity index (χ2v) is 7.63. The number of benzene rings is 2. The first kappa shape index (κ1) is 19.9. The molecule has 0 aliphatic carbocycles. The largest absolute Gasteiger partial charge is 0.490 e. The van der Waals surface area contributed by atoms with E-state index in [9.17, 15) is 5.11 Å². The lowest BCUT2D eigenvalue weighted by atomic mass is 10.0. The normalized spacial score (nSPS) is 17.0. The van der Waals surface area contributed by atoms with E-state index in [1.807, 2.05) is 32.0 Å². The molecule has 0 aromatic heterocycles. The SMILES string of the molecule is Cc1cccc(C)c1OC[C@H](O)CNC1CCN(Cc2ccccc2)CC1. The van der Waals surface area contributed by atoms with Gasteiger partial charge in [-0.25, -0.2) is 0 Å². The standard InChI is InChI=1S/C23H32N2O2/c1-18-7-6-8-19(2)23(18)27-17-22(26)15-24-21-11-13-25(14-12-21)16-20-9-4-3-5-10-20/h3-10,21-22,24,26H,11-17H2,1-2H3/t22-/m1/s1. The van der Waals surface area contributed by atoms with Crippen molar-refractivity contribution in [2.45, 2.75) is 45.4 Å². The third-order valence-corrected chi connectivity index (χ3v) is 5.31. The zero-order valence-electron chi connectivity index (χ0n) is 16.5. The van der Waals surface area contributed by atoms with Crippen molar-refractivity contribution >= 4 is 0 Å². The summed E-state index contributed by atoms with van der Waals surface area (Å²) in [6, 6.07) is 17.2. The number of rotatable bonds is 8. The summed E-state index contributed by atoms with van der Waals surface area (Å²) >= 11 is 0. The molecular weight excluding hydrogens is 336 g/mol. The van der Waals surface area contributed by atoms with E-state index in [1.165, 1.54) is 5.56 Å². The Labute approximate surface area is 163 Å². The molecule has 4 heteroatoms. The van der Waals surface area contributed by atoms with Crippen LogP contribution in [-0.4, -0.2) is 48.4 Å². The molecule has 27 heavy (non-hydrogen) atoms. The lowest BCUT2D eigenvalue weighted by Crippen LogP contribution is -2.45. The highest BCUT2D eigenvalue weighted by molar-refractivity contribution is 5.39. The van der Waals surface area contributed by atoms with Gasteiger partial charge in [0.05, 0.1) is 0 Å². The van der Waals surface area contributed by atoms with Crippen LogP contribution in [0.5, 0.6) is 5.75 Å².